The van der Waals surface area contributed by atoms with Crippen LogP contribution in [0.1, 0.15) is 23.2 Å². The van der Waals surface area contributed by atoms with Gasteiger partial charge in [-0.2, -0.15) is 5.10 Å². The molecule has 7 heteroatoms. The minimum absolute atomic E-state index is 0.264. The normalized spacial score (nSPS) is 10.8. The number of nitrogens with one attached hydrogen (secondary N) is 1. The number of carbonyl (C=O) groups excluding carboxylic acids is 1. The van der Waals surface area contributed by atoms with E-state index in [1.165, 1.54) is 0 Å². The average Bonchev–Trinajstić information content (AvgIpc) is 2.38. The number of hydrazone groups is 1. The summed E-state index contributed by atoms with van der Waals surface area (Å²) in [7, 11) is 0. The highest BCUT2D eigenvalue weighted by atomic mass is 16.4. The monoisotopic (exact) mass is 264 g/mol. The second-order valence-electron chi connectivity index (χ2n) is 3.56. The van der Waals surface area contributed by atoms with E-state index in [2.05, 4.69) is 10.5 Å². The quantitative estimate of drug-likeness (QED) is 0.517. The molecule has 0 aliphatic heterocycles. The molecule has 0 heterocycles. The topological polar surface area (TPSA) is 116 Å². The Morgan fingerprint density at radius 1 is 1.05 bits per heavy atom. The fourth-order valence-electron chi connectivity index (χ4n) is 1.21. The van der Waals surface area contributed by atoms with Crippen molar-refractivity contribution in [3.05, 3.63) is 35.9 Å². The molecule has 1 amide bonds. The Hall–Kier alpha value is -2.70. The Labute approximate surface area is 108 Å². The fourth-order valence-corrected chi connectivity index (χ4v) is 1.21. The molecule has 7 nitrogen and oxygen atoms in total. The van der Waals surface area contributed by atoms with Crippen molar-refractivity contribution in [3.63, 3.8) is 0 Å². The number of hydrogen-bond acceptors (Lipinski definition) is 4. The van der Waals surface area contributed by atoms with Gasteiger partial charge in [0.25, 0.3) is 5.91 Å². The van der Waals surface area contributed by atoms with Gasteiger partial charge in [0.15, 0.2) is 0 Å². The second-order valence-corrected chi connectivity index (χ2v) is 3.56. The van der Waals surface area contributed by atoms with Crippen molar-refractivity contribution >= 4 is 23.6 Å². The molecule has 3 N–H and O–H groups in total. The van der Waals surface area contributed by atoms with E-state index in [-0.39, 0.29) is 12.8 Å². The SMILES string of the molecule is O=C(O)CC/C(=N\NC(=O)c1ccccc1)C(=O)O. The largest absolute Gasteiger partial charge is 0.481 e. The van der Waals surface area contributed by atoms with Gasteiger partial charge >= 0.3 is 11.9 Å². The van der Waals surface area contributed by atoms with Crippen LogP contribution in [-0.2, 0) is 9.59 Å². The van der Waals surface area contributed by atoms with Gasteiger partial charge in [-0.1, -0.05) is 18.2 Å². The number of benzene rings is 1. The van der Waals surface area contributed by atoms with E-state index in [0.717, 1.165) is 0 Å². The summed E-state index contributed by atoms with van der Waals surface area (Å²) in [4.78, 5) is 32.7. The number of hydrogen-bond donors (Lipinski definition) is 3. The first-order valence-electron chi connectivity index (χ1n) is 5.37. The first kappa shape index (κ1) is 14.4. The molecule has 0 bridgehead atoms. The summed E-state index contributed by atoms with van der Waals surface area (Å²) in [5, 5.41) is 20.7. The maximum Gasteiger partial charge on any atom is 0.352 e. The van der Waals surface area contributed by atoms with Gasteiger partial charge in [0, 0.05) is 12.0 Å². The zero-order valence-corrected chi connectivity index (χ0v) is 9.87. The standard InChI is InChI=1S/C12H12N2O5/c15-10(16)7-6-9(12(18)19)13-14-11(17)8-4-2-1-3-5-8/h1-5H,6-7H2,(H,14,17)(H,15,16)(H,18,19)/b13-9+. The third kappa shape index (κ3) is 4.99. The van der Waals surface area contributed by atoms with E-state index in [9.17, 15) is 14.4 Å². The molecule has 0 aliphatic carbocycles. The van der Waals surface area contributed by atoms with Crippen LogP contribution in [-0.4, -0.2) is 33.8 Å². The first-order chi connectivity index (χ1) is 9.00. The lowest BCUT2D eigenvalue weighted by atomic mass is 10.2. The van der Waals surface area contributed by atoms with Crippen LogP contribution in [0, 0.1) is 0 Å². The predicted molar refractivity (Wildman–Crippen MR) is 65.8 cm³/mol. The van der Waals surface area contributed by atoms with Crippen molar-refractivity contribution in [2.75, 3.05) is 0 Å². The number of carbonyl (C=O) groups is 3. The molecule has 0 spiro atoms. The molecule has 100 valence electrons. The van der Waals surface area contributed by atoms with Gasteiger partial charge in [0.2, 0.25) is 0 Å². The molecule has 19 heavy (non-hydrogen) atoms. The number of carboxylic acids is 2. The van der Waals surface area contributed by atoms with Crippen molar-refractivity contribution < 1.29 is 24.6 Å². The van der Waals surface area contributed by atoms with Gasteiger partial charge in [-0.15, -0.1) is 0 Å². The van der Waals surface area contributed by atoms with E-state index in [0.29, 0.717) is 5.56 Å². The number of amides is 1. The van der Waals surface area contributed by atoms with Gasteiger partial charge in [-0.05, 0) is 12.1 Å². The third-order valence-electron chi connectivity index (χ3n) is 2.15. The molecule has 0 aliphatic rings. The minimum Gasteiger partial charge on any atom is -0.481 e. The average molecular weight is 264 g/mol. The fraction of sp³-hybridized carbons (Fsp3) is 0.167. The molecule has 0 saturated heterocycles. The summed E-state index contributed by atoms with van der Waals surface area (Å²) in [5.74, 6) is -3.06. The van der Waals surface area contributed by atoms with Crippen LogP contribution in [0.15, 0.2) is 35.4 Å². The summed E-state index contributed by atoms with van der Waals surface area (Å²) in [6.45, 7) is 0. The van der Waals surface area contributed by atoms with Crippen LogP contribution in [0.25, 0.3) is 0 Å². The molecule has 1 aromatic carbocycles. The van der Waals surface area contributed by atoms with E-state index in [1.54, 1.807) is 30.3 Å². The van der Waals surface area contributed by atoms with Gasteiger partial charge in [-0.25, -0.2) is 10.2 Å². The van der Waals surface area contributed by atoms with Crippen LogP contribution in [0.5, 0.6) is 0 Å². The van der Waals surface area contributed by atoms with Gasteiger partial charge in [-0.3, -0.25) is 9.59 Å². The molecule has 0 saturated carbocycles. The Kier molecular flexibility index (Phi) is 5.21. The van der Waals surface area contributed by atoms with Crippen LogP contribution in [0.4, 0.5) is 0 Å². The van der Waals surface area contributed by atoms with Crippen molar-refractivity contribution in [3.8, 4) is 0 Å². The molecule has 0 fully saturated rings. The lowest BCUT2D eigenvalue weighted by Crippen LogP contribution is -2.23. The lowest BCUT2D eigenvalue weighted by Gasteiger charge is -2.02. The van der Waals surface area contributed by atoms with Crippen LogP contribution in [0.3, 0.4) is 0 Å². The molecular weight excluding hydrogens is 252 g/mol. The van der Waals surface area contributed by atoms with Crippen molar-refractivity contribution in [1.82, 2.24) is 5.43 Å². The molecule has 0 aromatic heterocycles. The summed E-state index contributed by atoms with van der Waals surface area (Å²) in [6, 6.07) is 8.13. The summed E-state index contributed by atoms with van der Waals surface area (Å²) < 4.78 is 0. The summed E-state index contributed by atoms with van der Waals surface area (Å²) >= 11 is 0. The Bertz CT molecular complexity index is 510. The van der Waals surface area contributed by atoms with Gasteiger partial charge < -0.3 is 10.2 Å². The van der Waals surface area contributed by atoms with Gasteiger partial charge in [0.1, 0.15) is 5.71 Å². The minimum atomic E-state index is -1.37. The second kappa shape index (κ2) is 6.90. The van der Waals surface area contributed by atoms with E-state index < -0.39 is 23.6 Å². The molecule has 1 rings (SSSR count). The molecular formula is C12H12N2O5. The highest BCUT2D eigenvalue weighted by molar-refractivity contribution is 6.35. The van der Waals surface area contributed by atoms with Crippen molar-refractivity contribution in [2.24, 2.45) is 5.10 Å². The van der Waals surface area contributed by atoms with Gasteiger partial charge in [0.05, 0.1) is 6.42 Å². The zero-order chi connectivity index (χ0) is 14.3. The van der Waals surface area contributed by atoms with Crippen LogP contribution < -0.4 is 5.43 Å². The Morgan fingerprint density at radius 2 is 1.68 bits per heavy atom. The lowest BCUT2D eigenvalue weighted by molar-refractivity contribution is -0.136. The Balaban J connectivity index is 2.68. The number of nitrogens with zero attached hydrogens (tertiary/aromatic N) is 1. The number of rotatable bonds is 6. The summed E-state index contributed by atoms with van der Waals surface area (Å²) in [6.07, 6.45) is -0.633. The smallest absolute Gasteiger partial charge is 0.352 e. The highest BCUT2D eigenvalue weighted by Gasteiger charge is 2.12. The first-order valence-corrected chi connectivity index (χ1v) is 5.37. The molecule has 1 aromatic rings. The van der Waals surface area contributed by atoms with E-state index in [1.807, 2.05) is 0 Å². The molecule has 0 radical (unpaired) electrons. The maximum absolute atomic E-state index is 11.6. The van der Waals surface area contributed by atoms with Crippen molar-refractivity contribution in [1.29, 1.82) is 0 Å². The molecule has 0 unspecified atom stereocenters. The van der Waals surface area contributed by atoms with Crippen molar-refractivity contribution in [2.45, 2.75) is 12.8 Å². The summed E-state index contributed by atoms with van der Waals surface area (Å²) in [5.41, 5.74) is 2.00. The molecule has 0 atom stereocenters. The zero-order valence-electron chi connectivity index (χ0n) is 9.87. The van der Waals surface area contributed by atoms with E-state index >= 15 is 0 Å². The number of aliphatic carboxylic acids is 2. The van der Waals surface area contributed by atoms with Crippen LogP contribution >= 0.6 is 0 Å². The maximum atomic E-state index is 11.6. The van der Waals surface area contributed by atoms with Crippen LogP contribution in [0.2, 0.25) is 0 Å². The predicted octanol–water partition coefficient (Wildman–Crippen LogP) is 0.722. The third-order valence-corrected chi connectivity index (χ3v) is 2.15. The Morgan fingerprint density at radius 3 is 2.21 bits per heavy atom. The number of carboxylic acid groups (broad SMARTS) is 2. The van der Waals surface area contributed by atoms with E-state index in [4.69, 9.17) is 10.2 Å². The highest BCUT2D eigenvalue weighted by Crippen LogP contribution is 1.99.